The molecule has 3 heteroatoms. The van der Waals surface area contributed by atoms with Gasteiger partial charge in [-0.05, 0) is 97.9 Å². The van der Waals surface area contributed by atoms with Crippen LogP contribution in [-0.2, 0) is 14.3 Å². The molecule has 4 unspecified atom stereocenters. The van der Waals surface area contributed by atoms with Crippen molar-refractivity contribution in [3.63, 3.8) is 0 Å². The van der Waals surface area contributed by atoms with Gasteiger partial charge in [0.15, 0.2) is 5.78 Å². The largest absolute Gasteiger partial charge is 0.469 e. The summed E-state index contributed by atoms with van der Waals surface area (Å²) in [5.41, 5.74) is 2.17. The van der Waals surface area contributed by atoms with Crippen LogP contribution in [0.15, 0.2) is 11.6 Å². The Kier molecular flexibility index (Phi) is 5.25. The van der Waals surface area contributed by atoms with Gasteiger partial charge in [-0.15, -0.1) is 0 Å². The predicted octanol–water partition coefficient (Wildman–Crippen LogP) is 5.72. The Morgan fingerprint density at radius 2 is 1.93 bits per heavy atom. The van der Waals surface area contributed by atoms with Crippen molar-refractivity contribution in [2.75, 3.05) is 7.11 Å². The first kappa shape index (κ1) is 20.2. The van der Waals surface area contributed by atoms with E-state index < -0.39 is 0 Å². The van der Waals surface area contributed by atoms with Crippen LogP contribution < -0.4 is 0 Å². The number of fused-ring (bicyclic) bond motifs is 5. The van der Waals surface area contributed by atoms with Crippen LogP contribution in [0.4, 0.5) is 0 Å². The number of carbonyl (C=O) groups excluding carboxylic acids is 2. The molecule has 7 atom stereocenters. The van der Waals surface area contributed by atoms with Gasteiger partial charge in [-0.3, -0.25) is 9.59 Å². The van der Waals surface area contributed by atoms with Gasteiger partial charge in [0.1, 0.15) is 0 Å². The fourth-order valence-corrected chi connectivity index (χ4v) is 8.18. The van der Waals surface area contributed by atoms with E-state index in [2.05, 4.69) is 20.8 Å². The van der Waals surface area contributed by atoms with E-state index in [0.29, 0.717) is 23.5 Å². The molecule has 0 spiro atoms. The highest BCUT2D eigenvalue weighted by Crippen LogP contribution is 2.67. The maximum absolute atomic E-state index is 12.0. The van der Waals surface area contributed by atoms with E-state index in [1.807, 2.05) is 6.08 Å². The van der Waals surface area contributed by atoms with E-state index in [-0.39, 0.29) is 11.4 Å². The van der Waals surface area contributed by atoms with Gasteiger partial charge in [0, 0.05) is 12.8 Å². The Labute approximate surface area is 170 Å². The lowest BCUT2D eigenvalue weighted by atomic mass is 9.46. The molecule has 0 saturated heterocycles. The van der Waals surface area contributed by atoms with Crippen molar-refractivity contribution >= 4 is 11.8 Å². The molecule has 3 nitrogen and oxygen atoms in total. The molecule has 0 radical (unpaired) electrons. The summed E-state index contributed by atoms with van der Waals surface area (Å²) in [5, 5.41) is 0. The van der Waals surface area contributed by atoms with Crippen molar-refractivity contribution in [1.82, 2.24) is 0 Å². The molecule has 0 aromatic carbocycles. The van der Waals surface area contributed by atoms with Crippen LogP contribution in [-0.4, -0.2) is 18.9 Å². The number of rotatable bonds is 4. The van der Waals surface area contributed by atoms with Gasteiger partial charge in [-0.25, -0.2) is 0 Å². The van der Waals surface area contributed by atoms with Crippen molar-refractivity contribution in [3.8, 4) is 0 Å². The van der Waals surface area contributed by atoms with Crippen molar-refractivity contribution in [1.29, 1.82) is 0 Å². The summed E-state index contributed by atoms with van der Waals surface area (Å²) in [4.78, 5) is 23.6. The summed E-state index contributed by atoms with van der Waals surface area (Å²) in [7, 11) is 1.49. The minimum atomic E-state index is -0.0679. The zero-order valence-electron chi connectivity index (χ0n) is 18.3. The number of methoxy groups -OCH3 is 1. The smallest absolute Gasteiger partial charge is 0.305 e. The molecule has 0 bridgehead atoms. The second kappa shape index (κ2) is 7.29. The summed E-state index contributed by atoms with van der Waals surface area (Å²) >= 11 is 0. The van der Waals surface area contributed by atoms with Gasteiger partial charge < -0.3 is 4.74 Å². The predicted molar refractivity (Wildman–Crippen MR) is 111 cm³/mol. The van der Waals surface area contributed by atoms with E-state index >= 15 is 0 Å². The van der Waals surface area contributed by atoms with Crippen LogP contribution in [0.2, 0.25) is 0 Å². The molecule has 28 heavy (non-hydrogen) atoms. The summed E-state index contributed by atoms with van der Waals surface area (Å²) in [6, 6.07) is 0. The number of hydrogen-bond donors (Lipinski definition) is 0. The maximum Gasteiger partial charge on any atom is 0.305 e. The van der Waals surface area contributed by atoms with Gasteiger partial charge in [0.2, 0.25) is 0 Å². The Balaban J connectivity index is 1.51. The van der Waals surface area contributed by atoms with Gasteiger partial charge in [-0.1, -0.05) is 26.3 Å². The number of hydrogen-bond acceptors (Lipinski definition) is 3. The van der Waals surface area contributed by atoms with Crippen LogP contribution in [0.5, 0.6) is 0 Å². The molecule has 0 amide bonds. The highest BCUT2D eigenvalue weighted by molar-refractivity contribution is 5.91. The van der Waals surface area contributed by atoms with Crippen LogP contribution in [0.25, 0.3) is 0 Å². The average Bonchev–Trinajstić information content (AvgIpc) is 3.03. The van der Waals surface area contributed by atoms with Gasteiger partial charge in [0.25, 0.3) is 0 Å². The molecular formula is C25H38O3. The SMILES string of the molecule is COC(=O)CCC(C)[C@H]1CCC2C3CCC4=CC(=O)CC[C@]4(C)C3CC[C@@]21C. The molecule has 0 aromatic rings. The van der Waals surface area contributed by atoms with Crippen molar-refractivity contribution in [3.05, 3.63) is 11.6 Å². The zero-order valence-corrected chi connectivity index (χ0v) is 18.3. The number of allylic oxidation sites excluding steroid dienone is 1. The first-order chi connectivity index (χ1) is 13.3. The van der Waals surface area contributed by atoms with E-state index in [1.165, 1.54) is 44.8 Å². The third-order valence-electron chi connectivity index (χ3n) is 9.75. The van der Waals surface area contributed by atoms with Crippen LogP contribution in [0.3, 0.4) is 0 Å². The second-order valence-electron chi connectivity index (χ2n) is 10.8. The third kappa shape index (κ3) is 3.08. The lowest BCUT2D eigenvalue weighted by Gasteiger charge is -2.58. The standard InChI is InChI=1S/C25H38O3/c1-16(5-10-23(27)28-4)20-8-9-21-19-7-6-17-15-18(26)11-13-24(17,2)22(19)12-14-25(20,21)3/h15-16,19-22H,5-14H2,1-4H3/t16?,19?,20-,21?,22?,24+,25-/m1/s1. The summed E-state index contributed by atoms with van der Waals surface area (Å²) < 4.78 is 4.87. The summed E-state index contributed by atoms with van der Waals surface area (Å²) in [6.07, 6.45) is 13.1. The number of esters is 1. The van der Waals surface area contributed by atoms with Crippen LogP contribution >= 0.6 is 0 Å². The maximum atomic E-state index is 12.0. The molecule has 0 heterocycles. The first-order valence-corrected chi connectivity index (χ1v) is 11.6. The molecule has 0 aromatic heterocycles. The molecule has 0 aliphatic heterocycles. The van der Waals surface area contributed by atoms with Crippen LogP contribution in [0, 0.1) is 40.4 Å². The summed E-state index contributed by atoms with van der Waals surface area (Å²) in [6.45, 7) is 7.40. The molecule has 3 saturated carbocycles. The summed E-state index contributed by atoms with van der Waals surface area (Å²) in [5.74, 6) is 4.03. The number of ether oxygens (including phenoxy) is 1. The van der Waals surface area contributed by atoms with E-state index in [1.54, 1.807) is 0 Å². The Hall–Kier alpha value is -1.12. The lowest BCUT2D eigenvalue weighted by Crippen LogP contribution is -2.51. The third-order valence-corrected chi connectivity index (χ3v) is 9.75. The monoisotopic (exact) mass is 386 g/mol. The highest BCUT2D eigenvalue weighted by Gasteiger charge is 2.59. The molecule has 156 valence electrons. The lowest BCUT2D eigenvalue weighted by molar-refractivity contribution is -0.141. The van der Waals surface area contributed by atoms with Crippen molar-refractivity contribution in [2.24, 2.45) is 40.4 Å². The first-order valence-electron chi connectivity index (χ1n) is 11.6. The van der Waals surface area contributed by atoms with E-state index in [0.717, 1.165) is 49.4 Å². The molecule has 0 N–H and O–H groups in total. The fourth-order valence-electron chi connectivity index (χ4n) is 8.18. The quantitative estimate of drug-likeness (QED) is 0.580. The van der Waals surface area contributed by atoms with E-state index in [4.69, 9.17) is 4.74 Å². The minimum Gasteiger partial charge on any atom is -0.469 e. The van der Waals surface area contributed by atoms with Gasteiger partial charge in [0.05, 0.1) is 7.11 Å². The van der Waals surface area contributed by atoms with E-state index in [9.17, 15) is 9.59 Å². The van der Waals surface area contributed by atoms with Crippen molar-refractivity contribution in [2.45, 2.75) is 85.0 Å². The molecule has 4 rings (SSSR count). The number of carbonyl (C=O) groups is 2. The molecule has 3 fully saturated rings. The second-order valence-corrected chi connectivity index (χ2v) is 10.8. The normalized spacial score (nSPS) is 43.4. The molecule has 4 aliphatic rings. The molecule has 4 aliphatic carbocycles. The van der Waals surface area contributed by atoms with Gasteiger partial charge in [-0.2, -0.15) is 0 Å². The topological polar surface area (TPSA) is 43.4 Å². The minimum absolute atomic E-state index is 0.0679. The number of ketones is 1. The Morgan fingerprint density at radius 3 is 2.68 bits per heavy atom. The Bertz CT molecular complexity index is 679. The fraction of sp³-hybridized carbons (Fsp3) is 0.840. The van der Waals surface area contributed by atoms with Crippen molar-refractivity contribution < 1.29 is 14.3 Å². The zero-order chi connectivity index (χ0) is 20.1. The highest BCUT2D eigenvalue weighted by atomic mass is 16.5. The Morgan fingerprint density at radius 1 is 1.14 bits per heavy atom. The van der Waals surface area contributed by atoms with Gasteiger partial charge >= 0.3 is 5.97 Å². The van der Waals surface area contributed by atoms with Crippen LogP contribution in [0.1, 0.15) is 85.0 Å². The molecular weight excluding hydrogens is 348 g/mol. The average molecular weight is 387 g/mol.